The molecular formula is C14H18N4O3S. The van der Waals surface area contributed by atoms with Crippen molar-refractivity contribution >= 4 is 10.0 Å². The lowest BCUT2D eigenvalue weighted by molar-refractivity contribution is 0.381. The van der Waals surface area contributed by atoms with Gasteiger partial charge in [-0.1, -0.05) is 5.16 Å². The molecule has 3 rings (SSSR count). The second-order valence-electron chi connectivity index (χ2n) is 5.46. The van der Waals surface area contributed by atoms with Crippen LogP contribution in [0.25, 0.3) is 0 Å². The molecule has 2 aromatic heterocycles. The van der Waals surface area contributed by atoms with E-state index in [-0.39, 0.29) is 10.9 Å². The lowest BCUT2D eigenvalue weighted by Gasteiger charge is -2.23. The molecular weight excluding hydrogens is 304 g/mol. The highest BCUT2D eigenvalue weighted by molar-refractivity contribution is 7.89. The SMILES string of the molecule is Cc1nccc(C2CCCN2S(=O)(=O)c2c(C)noc2C)n1. The van der Waals surface area contributed by atoms with Gasteiger partial charge in [0, 0.05) is 12.7 Å². The maximum atomic E-state index is 13.0. The molecule has 1 atom stereocenters. The second kappa shape index (κ2) is 5.44. The van der Waals surface area contributed by atoms with Gasteiger partial charge in [-0.05, 0) is 39.7 Å². The average molecular weight is 322 g/mol. The normalized spacial score (nSPS) is 19.7. The molecule has 22 heavy (non-hydrogen) atoms. The van der Waals surface area contributed by atoms with Gasteiger partial charge < -0.3 is 4.52 Å². The van der Waals surface area contributed by atoms with Crippen molar-refractivity contribution in [2.24, 2.45) is 0 Å². The van der Waals surface area contributed by atoms with Crippen LogP contribution in [0.1, 0.15) is 41.9 Å². The largest absolute Gasteiger partial charge is 0.360 e. The van der Waals surface area contributed by atoms with Crippen LogP contribution in [0, 0.1) is 20.8 Å². The van der Waals surface area contributed by atoms with E-state index in [1.165, 1.54) is 4.31 Å². The molecule has 0 radical (unpaired) electrons. The van der Waals surface area contributed by atoms with E-state index in [1.54, 1.807) is 33.0 Å². The summed E-state index contributed by atoms with van der Waals surface area (Å²) in [5, 5.41) is 3.76. The summed E-state index contributed by atoms with van der Waals surface area (Å²) < 4.78 is 32.5. The van der Waals surface area contributed by atoms with E-state index < -0.39 is 10.0 Å². The Balaban J connectivity index is 2.03. The molecule has 1 unspecified atom stereocenters. The van der Waals surface area contributed by atoms with Crippen LogP contribution in [0.2, 0.25) is 0 Å². The third-order valence-corrected chi connectivity index (χ3v) is 6.03. The topological polar surface area (TPSA) is 89.2 Å². The molecule has 0 aromatic carbocycles. The van der Waals surface area contributed by atoms with Crippen molar-refractivity contribution in [3.8, 4) is 0 Å². The van der Waals surface area contributed by atoms with Crippen LogP contribution in [0.15, 0.2) is 21.7 Å². The number of hydrogen-bond acceptors (Lipinski definition) is 6. The standard InChI is InChI=1S/C14H18N4O3S/c1-9-14(10(2)21-17-9)22(19,20)18-8-4-5-13(18)12-6-7-15-11(3)16-12/h6-7,13H,4-5,8H2,1-3H3. The van der Waals surface area contributed by atoms with Gasteiger partial charge >= 0.3 is 0 Å². The smallest absolute Gasteiger partial charge is 0.249 e. The molecule has 1 saturated heterocycles. The fourth-order valence-corrected chi connectivity index (χ4v) is 4.91. The fourth-order valence-electron chi connectivity index (χ4n) is 2.94. The van der Waals surface area contributed by atoms with E-state index in [1.807, 2.05) is 0 Å². The maximum Gasteiger partial charge on any atom is 0.249 e. The Morgan fingerprint density at radius 3 is 2.73 bits per heavy atom. The predicted octanol–water partition coefficient (Wildman–Crippen LogP) is 1.92. The van der Waals surface area contributed by atoms with Gasteiger partial charge in [0.1, 0.15) is 16.4 Å². The van der Waals surface area contributed by atoms with Crippen LogP contribution in [0.4, 0.5) is 0 Å². The molecule has 1 aliphatic rings. The molecule has 118 valence electrons. The van der Waals surface area contributed by atoms with Crippen molar-refractivity contribution in [2.45, 2.75) is 44.6 Å². The first-order chi connectivity index (χ1) is 10.4. The summed E-state index contributed by atoms with van der Waals surface area (Å²) >= 11 is 0. The first-order valence-corrected chi connectivity index (χ1v) is 8.59. The van der Waals surface area contributed by atoms with Crippen molar-refractivity contribution in [1.82, 2.24) is 19.4 Å². The number of aryl methyl sites for hydroxylation is 3. The number of aromatic nitrogens is 3. The van der Waals surface area contributed by atoms with Gasteiger partial charge in [-0.15, -0.1) is 0 Å². The second-order valence-corrected chi connectivity index (χ2v) is 7.28. The van der Waals surface area contributed by atoms with Crippen LogP contribution < -0.4 is 0 Å². The summed E-state index contributed by atoms with van der Waals surface area (Å²) in [6.45, 7) is 5.53. The summed E-state index contributed by atoms with van der Waals surface area (Å²) in [4.78, 5) is 8.63. The third-order valence-electron chi connectivity index (χ3n) is 3.88. The predicted molar refractivity (Wildman–Crippen MR) is 78.6 cm³/mol. The summed E-state index contributed by atoms with van der Waals surface area (Å²) in [7, 11) is -3.65. The molecule has 8 heteroatoms. The van der Waals surface area contributed by atoms with E-state index in [0.29, 0.717) is 23.8 Å². The third kappa shape index (κ3) is 2.42. The molecule has 0 aliphatic carbocycles. The number of sulfonamides is 1. The van der Waals surface area contributed by atoms with Crippen LogP contribution in [-0.2, 0) is 10.0 Å². The number of rotatable bonds is 3. The molecule has 1 fully saturated rings. The number of hydrogen-bond donors (Lipinski definition) is 0. The minimum Gasteiger partial charge on any atom is -0.360 e. The Morgan fingerprint density at radius 1 is 1.32 bits per heavy atom. The minimum atomic E-state index is -3.65. The highest BCUT2D eigenvalue weighted by Crippen LogP contribution is 2.37. The molecule has 0 spiro atoms. The van der Waals surface area contributed by atoms with Crippen molar-refractivity contribution in [3.05, 3.63) is 35.2 Å². The lowest BCUT2D eigenvalue weighted by Crippen LogP contribution is -2.31. The lowest BCUT2D eigenvalue weighted by atomic mass is 10.1. The van der Waals surface area contributed by atoms with Gasteiger partial charge in [0.05, 0.1) is 11.7 Å². The highest BCUT2D eigenvalue weighted by Gasteiger charge is 2.39. The van der Waals surface area contributed by atoms with E-state index in [9.17, 15) is 8.42 Å². The van der Waals surface area contributed by atoms with E-state index in [0.717, 1.165) is 18.5 Å². The molecule has 2 aromatic rings. The average Bonchev–Trinajstić information content (AvgIpc) is 3.06. The highest BCUT2D eigenvalue weighted by atomic mass is 32.2. The van der Waals surface area contributed by atoms with Gasteiger partial charge in [-0.25, -0.2) is 18.4 Å². The molecule has 0 amide bonds. The van der Waals surface area contributed by atoms with Crippen molar-refractivity contribution in [3.63, 3.8) is 0 Å². The first-order valence-electron chi connectivity index (χ1n) is 7.15. The zero-order valence-electron chi connectivity index (χ0n) is 12.8. The van der Waals surface area contributed by atoms with Crippen molar-refractivity contribution in [1.29, 1.82) is 0 Å². The Hall–Kier alpha value is -1.80. The zero-order valence-corrected chi connectivity index (χ0v) is 13.6. The van der Waals surface area contributed by atoms with Gasteiger partial charge in [0.2, 0.25) is 10.0 Å². The molecule has 0 saturated carbocycles. The Labute approximate surface area is 129 Å². The summed E-state index contributed by atoms with van der Waals surface area (Å²) in [6, 6.07) is 1.51. The zero-order chi connectivity index (χ0) is 15.9. The molecule has 7 nitrogen and oxygen atoms in total. The van der Waals surface area contributed by atoms with E-state index in [2.05, 4.69) is 15.1 Å². The van der Waals surface area contributed by atoms with Gasteiger partial charge in [-0.2, -0.15) is 4.31 Å². The molecule has 1 aliphatic heterocycles. The van der Waals surface area contributed by atoms with Crippen molar-refractivity contribution < 1.29 is 12.9 Å². The van der Waals surface area contributed by atoms with E-state index >= 15 is 0 Å². The first kappa shape index (κ1) is 15.1. The summed E-state index contributed by atoms with van der Waals surface area (Å²) in [5.74, 6) is 0.959. The van der Waals surface area contributed by atoms with Crippen LogP contribution in [-0.4, -0.2) is 34.4 Å². The summed E-state index contributed by atoms with van der Waals surface area (Å²) in [5.41, 5.74) is 1.13. The Morgan fingerprint density at radius 2 is 2.09 bits per heavy atom. The molecule has 3 heterocycles. The monoisotopic (exact) mass is 322 g/mol. The van der Waals surface area contributed by atoms with Gasteiger partial charge in [0.25, 0.3) is 0 Å². The van der Waals surface area contributed by atoms with Crippen molar-refractivity contribution in [2.75, 3.05) is 6.54 Å². The molecule has 0 N–H and O–H groups in total. The molecule has 0 bridgehead atoms. The van der Waals surface area contributed by atoms with Gasteiger partial charge in [-0.3, -0.25) is 0 Å². The van der Waals surface area contributed by atoms with Crippen LogP contribution in [0.5, 0.6) is 0 Å². The number of nitrogens with zero attached hydrogens (tertiary/aromatic N) is 4. The fraction of sp³-hybridized carbons (Fsp3) is 0.500. The quantitative estimate of drug-likeness (QED) is 0.857. The minimum absolute atomic E-state index is 0.171. The van der Waals surface area contributed by atoms with Gasteiger partial charge in [0.15, 0.2) is 5.76 Å². The Kier molecular flexibility index (Phi) is 3.73. The maximum absolute atomic E-state index is 13.0. The van der Waals surface area contributed by atoms with Crippen LogP contribution in [0.3, 0.4) is 0 Å². The Bertz CT molecular complexity index is 781. The van der Waals surface area contributed by atoms with E-state index in [4.69, 9.17) is 4.52 Å². The summed E-state index contributed by atoms with van der Waals surface area (Å²) in [6.07, 6.45) is 3.21. The van der Waals surface area contributed by atoms with Crippen LogP contribution >= 0.6 is 0 Å².